The number of urea groups is 1. The number of rotatable bonds is 5. The highest BCUT2D eigenvalue weighted by Gasteiger charge is 2.29. The van der Waals surface area contributed by atoms with Crippen molar-refractivity contribution in [2.45, 2.75) is 51.0 Å². The van der Waals surface area contributed by atoms with Gasteiger partial charge in [-0.1, -0.05) is 12.8 Å². The van der Waals surface area contributed by atoms with Gasteiger partial charge < -0.3 is 21.3 Å². The highest BCUT2D eigenvalue weighted by atomic mass is 16.2. The van der Waals surface area contributed by atoms with Crippen LogP contribution in [0.3, 0.4) is 0 Å². The van der Waals surface area contributed by atoms with Gasteiger partial charge >= 0.3 is 6.03 Å². The summed E-state index contributed by atoms with van der Waals surface area (Å²) in [5.41, 5.74) is 5.42. The average molecular weight is 296 g/mol. The van der Waals surface area contributed by atoms with E-state index in [4.69, 9.17) is 5.73 Å². The molecule has 2 fully saturated rings. The molecule has 1 saturated heterocycles. The lowest BCUT2D eigenvalue weighted by Gasteiger charge is -2.33. The summed E-state index contributed by atoms with van der Waals surface area (Å²) in [6.07, 6.45) is 7.14. The molecule has 0 radical (unpaired) electrons. The zero-order valence-electron chi connectivity index (χ0n) is 12.8. The highest BCUT2D eigenvalue weighted by Crippen LogP contribution is 2.20. The Bertz CT molecular complexity index is 356. The van der Waals surface area contributed by atoms with Crippen LogP contribution in [0.1, 0.15) is 44.9 Å². The van der Waals surface area contributed by atoms with Gasteiger partial charge in [-0.25, -0.2) is 4.79 Å². The Labute approximate surface area is 126 Å². The molecular weight excluding hydrogens is 268 g/mol. The van der Waals surface area contributed by atoms with Gasteiger partial charge in [-0.2, -0.15) is 0 Å². The molecule has 0 aromatic carbocycles. The van der Waals surface area contributed by atoms with E-state index in [-0.39, 0.29) is 17.9 Å². The molecule has 1 aliphatic heterocycles. The molecule has 120 valence electrons. The van der Waals surface area contributed by atoms with Crippen molar-refractivity contribution in [2.24, 2.45) is 11.7 Å². The third-order valence-corrected chi connectivity index (χ3v) is 4.44. The van der Waals surface area contributed by atoms with Crippen molar-refractivity contribution in [3.05, 3.63) is 0 Å². The standard InChI is InChI=1S/C15H28N4O2/c16-8-4-9-17-14(20)12-5-3-10-19(11-12)15(21)18-13-6-1-2-7-13/h12-13H,1-11,16H2,(H,17,20)(H,18,21). The molecule has 1 heterocycles. The lowest BCUT2D eigenvalue weighted by molar-refractivity contribution is -0.126. The molecule has 3 amide bonds. The fraction of sp³-hybridized carbons (Fsp3) is 0.867. The van der Waals surface area contributed by atoms with E-state index in [1.54, 1.807) is 4.90 Å². The number of nitrogens with two attached hydrogens (primary N) is 1. The molecule has 1 saturated carbocycles. The normalized spacial score (nSPS) is 23.1. The van der Waals surface area contributed by atoms with E-state index >= 15 is 0 Å². The van der Waals surface area contributed by atoms with Crippen molar-refractivity contribution in [3.63, 3.8) is 0 Å². The summed E-state index contributed by atoms with van der Waals surface area (Å²) in [6.45, 7) is 2.50. The summed E-state index contributed by atoms with van der Waals surface area (Å²) < 4.78 is 0. The predicted molar refractivity (Wildman–Crippen MR) is 81.8 cm³/mol. The van der Waals surface area contributed by atoms with Gasteiger partial charge in [-0.3, -0.25) is 4.79 Å². The van der Waals surface area contributed by atoms with Crippen molar-refractivity contribution in [2.75, 3.05) is 26.2 Å². The highest BCUT2D eigenvalue weighted by molar-refractivity contribution is 5.80. The zero-order chi connectivity index (χ0) is 15.1. The summed E-state index contributed by atoms with van der Waals surface area (Å²) in [5, 5.41) is 6.01. The minimum absolute atomic E-state index is 0.00126. The minimum Gasteiger partial charge on any atom is -0.356 e. The quantitative estimate of drug-likeness (QED) is 0.656. The van der Waals surface area contributed by atoms with Crippen LogP contribution in [-0.4, -0.2) is 49.1 Å². The van der Waals surface area contributed by atoms with Gasteiger partial charge in [0, 0.05) is 25.7 Å². The van der Waals surface area contributed by atoms with Gasteiger partial charge in [0.2, 0.25) is 5.91 Å². The topological polar surface area (TPSA) is 87.5 Å². The molecule has 6 heteroatoms. The number of nitrogens with one attached hydrogen (secondary N) is 2. The Morgan fingerprint density at radius 1 is 1.14 bits per heavy atom. The smallest absolute Gasteiger partial charge is 0.317 e. The largest absolute Gasteiger partial charge is 0.356 e. The maximum Gasteiger partial charge on any atom is 0.317 e. The minimum atomic E-state index is -0.0779. The average Bonchev–Trinajstić information content (AvgIpc) is 3.00. The summed E-state index contributed by atoms with van der Waals surface area (Å²) in [4.78, 5) is 26.1. The van der Waals surface area contributed by atoms with E-state index in [9.17, 15) is 9.59 Å². The Kier molecular flexibility index (Phi) is 6.29. The van der Waals surface area contributed by atoms with Crippen molar-refractivity contribution in [1.82, 2.24) is 15.5 Å². The maximum absolute atomic E-state index is 12.2. The first-order valence-electron chi connectivity index (χ1n) is 8.24. The molecule has 2 aliphatic rings. The monoisotopic (exact) mass is 296 g/mol. The number of hydrogen-bond acceptors (Lipinski definition) is 3. The molecule has 21 heavy (non-hydrogen) atoms. The molecule has 1 atom stereocenters. The van der Waals surface area contributed by atoms with Crippen LogP contribution in [0.2, 0.25) is 0 Å². The molecule has 0 aromatic heterocycles. The third-order valence-electron chi connectivity index (χ3n) is 4.44. The summed E-state index contributed by atoms with van der Waals surface area (Å²) in [7, 11) is 0. The van der Waals surface area contributed by atoms with E-state index in [0.717, 1.165) is 38.6 Å². The summed E-state index contributed by atoms with van der Waals surface area (Å²) >= 11 is 0. The number of nitrogens with zero attached hydrogens (tertiary/aromatic N) is 1. The number of hydrogen-bond donors (Lipinski definition) is 3. The van der Waals surface area contributed by atoms with Crippen molar-refractivity contribution >= 4 is 11.9 Å². The molecule has 0 aromatic rings. The molecule has 4 N–H and O–H groups in total. The molecule has 1 aliphatic carbocycles. The van der Waals surface area contributed by atoms with Crippen molar-refractivity contribution in [3.8, 4) is 0 Å². The van der Waals surface area contributed by atoms with Gasteiger partial charge in [0.1, 0.15) is 0 Å². The molecular formula is C15H28N4O2. The van der Waals surface area contributed by atoms with E-state index in [1.165, 1.54) is 12.8 Å². The Balaban J connectivity index is 1.76. The van der Waals surface area contributed by atoms with Crippen molar-refractivity contribution in [1.29, 1.82) is 0 Å². The predicted octanol–water partition coefficient (Wildman–Crippen LogP) is 0.816. The van der Waals surface area contributed by atoms with Gasteiger partial charge in [0.05, 0.1) is 5.92 Å². The number of likely N-dealkylation sites (tertiary alicyclic amines) is 1. The van der Waals surface area contributed by atoms with Gasteiger partial charge in [0.15, 0.2) is 0 Å². The second-order valence-electron chi connectivity index (χ2n) is 6.15. The maximum atomic E-state index is 12.2. The van der Waals surface area contributed by atoms with Crippen LogP contribution in [0, 0.1) is 5.92 Å². The first kappa shape index (κ1) is 16.1. The van der Waals surface area contributed by atoms with Crippen LogP contribution in [0.25, 0.3) is 0 Å². The first-order valence-corrected chi connectivity index (χ1v) is 8.24. The van der Waals surface area contributed by atoms with Gasteiger partial charge in [0.25, 0.3) is 0 Å². The lowest BCUT2D eigenvalue weighted by Crippen LogP contribution is -2.50. The summed E-state index contributed by atoms with van der Waals surface area (Å²) in [6, 6.07) is 0.331. The van der Waals surface area contributed by atoms with Crippen LogP contribution >= 0.6 is 0 Å². The van der Waals surface area contributed by atoms with Crippen LogP contribution in [0.4, 0.5) is 4.79 Å². The van der Waals surface area contributed by atoms with Gasteiger partial charge in [-0.15, -0.1) is 0 Å². The second-order valence-corrected chi connectivity index (χ2v) is 6.15. The fourth-order valence-corrected chi connectivity index (χ4v) is 3.17. The van der Waals surface area contributed by atoms with Crippen molar-refractivity contribution < 1.29 is 9.59 Å². The van der Waals surface area contributed by atoms with Crippen LogP contribution < -0.4 is 16.4 Å². The molecule has 1 unspecified atom stereocenters. The number of amides is 3. The molecule has 0 bridgehead atoms. The van der Waals surface area contributed by atoms with Crippen LogP contribution in [-0.2, 0) is 4.79 Å². The SMILES string of the molecule is NCCCNC(=O)C1CCCN(C(=O)NC2CCCC2)C1. The lowest BCUT2D eigenvalue weighted by atomic mass is 9.97. The van der Waals surface area contributed by atoms with E-state index < -0.39 is 0 Å². The second kappa shape index (κ2) is 8.22. The van der Waals surface area contributed by atoms with Crippen LogP contribution in [0.15, 0.2) is 0 Å². The van der Waals surface area contributed by atoms with Gasteiger partial charge in [-0.05, 0) is 38.6 Å². The third kappa shape index (κ3) is 4.88. The first-order chi connectivity index (χ1) is 10.2. The molecule has 2 rings (SSSR count). The number of carbonyl (C=O) groups excluding carboxylic acids is 2. The molecule has 6 nitrogen and oxygen atoms in total. The van der Waals surface area contributed by atoms with E-state index in [1.807, 2.05) is 0 Å². The fourth-order valence-electron chi connectivity index (χ4n) is 3.17. The number of piperidine rings is 1. The summed E-state index contributed by atoms with van der Waals surface area (Å²) in [5.74, 6) is -0.0207. The zero-order valence-corrected chi connectivity index (χ0v) is 12.8. The Morgan fingerprint density at radius 3 is 2.62 bits per heavy atom. The van der Waals surface area contributed by atoms with E-state index in [2.05, 4.69) is 10.6 Å². The number of carbonyl (C=O) groups is 2. The Morgan fingerprint density at radius 2 is 1.90 bits per heavy atom. The Hall–Kier alpha value is -1.30. The molecule has 0 spiro atoms. The van der Waals surface area contributed by atoms with E-state index in [0.29, 0.717) is 25.7 Å². The van der Waals surface area contributed by atoms with Crippen LogP contribution in [0.5, 0.6) is 0 Å².